The molecule has 12 nitrogen and oxygen atoms in total. The first-order valence-electron chi connectivity index (χ1n) is 5.28. The molecule has 0 saturated carbocycles. The van der Waals surface area contributed by atoms with Crippen LogP contribution in [0.3, 0.4) is 0 Å². The summed E-state index contributed by atoms with van der Waals surface area (Å²) in [7, 11) is -4.64. The summed E-state index contributed by atoms with van der Waals surface area (Å²) in [6.07, 6.45) is 3.33. The van der Waals surface area contributed by atoms with Gasteiger partial charge in [-0.2, -0.15) is 0 Å². The second-order valence-electron chi connectivity index (χ2n) is 2.68. The third-order valence-corrected chi connectivity index (χ3v) is 0.698. The van der Waals surface area contributed by atoms with Crippen LogP contribution in [0.1, 0.15) is 0 Å². The molecule has 13 heteroatoms. The summed E-state index contributed by atoms with van der Waals surface area (Å²) in [5, 5.41) is 30.4. The van der Waals surface area contributed by atoms with Crippen molar-refractivity contribution in [3.63, 3.8) is 0 Å². The third-order valence-electron chi connectivity index (χ3n) is 0.698. The fraction of sp³-hybridized carbons (Fsp3) is 0. The molecule has 0 aromatic carbocycles. The predicted molar refractivity (Wildman–Crippen MR) is 85.6 cm³/mol. The van der Waals surface area contributed by atoms with E-state index in [9.17, 15) is 19.2 Å². The molecule has 144 valence electrons. The average Bonchev–Trinajstić information content (AvgIpc) is 2.47. The first-order valence-corrected chi connectivity index (χ1v) is 6.85. The molecular weight excluding hydrogens is 367 g/mol. The Morgan fingerprint density at radius 1 is 0.560 bits per heavy atom. The second-order valence-corrected chi connectivity index (χ2v) is 3.71. The molecule has 0 aromatic rings. The highest BCUT2D eigenvalue weighted by Gasteiger charge is 2.00. The first-order chi connectivity index (χ1) is 11.1. The van der Waals surface area contributed by atoms with E-state index in [0.717, 1.165) is 24.3 Å². The Labute approximate surface area is 142 Å². The maximum absolute atomic E-state index is 9.25. The number of hydrogen-bond donors (Lipinski definition) is 7. The fourth-order valence-corrected chi connectivity index (χ4v) is 0. The van der Waals surface area contributed by atoms with Gasteiger partial charge in [0.1, 0.15) is 0 Å². The molecule has 0 fully saturated rings. The van der Waals surface area contributed by atoms with Crippen molar-refractivity contribution in [1.29, 1.82) is 0 Å². The summed E-state index contributed by atoms with van der Waals surface area (Å²) >= 11 is 0. The molecule has 25 heavy (non-hydrogen) atoms. The van der Waals surface area contributed by atoms with E-state index in [4.69, 9.17) is 39.7 Å². The summed E-state index contributed by atoms with van der Waals surface area (Å²) in [6, 6.07) is 0. The van der Waals surface area contributed by atoms with E-state index in [0.29, 0.717) is 0 Å². The van der Waals surface area contributed by atoms with Gasteiger partial charge in [-0.15, -0.1) is 0 Å². The molecule has 0 heterocycles. The smallest absolute Gasteiger partial charge is 0.466 e. The van der Waals surface area contributed by atoms with Gasteiger partial charge in [-0.25, -0.2) is 23.7 Å². The Balaban J connectivity index is -0.0000000667. The molecule has 0 unspecified atom stereocenters. The molecule has 0 amide bonds. The van der Waals surface area contributed by atoms with Crippen molar-refractivity contribution in [2.45, 2.75) is 0 Å². The zero-order valence-electron chi connectivity index (χ0n) is 12.8. The van der Waals surface area contributed by atoms with Crippen LogP contribution < -0.4 is 0 Å². The molecule has 0 spiro atoms. The predicted octanol–water partition coefficient (Wildman–Crippen LogP) is 0.0994. The van der Waals surface area contributed by atoms with Gasteiger partial charge < -0.3 is 35.1 Å². The zero-order chi connectivity index (χ0) is 21.6. The number of carbonyl (C=O) groups is 4. The first kappa shape index (κ1) is 33.5. The van der Waals surface area contributed by atoms with Crippen LogP contribution in [0.4, 0.5) is 0 Å². The fourth-order valence-electron chi connectivity index (χ4n) is 0. The number of carboxylic acids is 4. The maximum atomic E-state index is 9.25. The number of phosphoric acid groups is 1. The van der Waals surface area contributed by atoms with Gasteiger partial charge in [-0.1, -0.05) is 26.3 Å². The van der Waals surface area contributed by atoms with Crippen molar-refractivity contribution < 1.29 is 58.8 Å². The lowest BCUT2D eigenvalue weighted by atomic mass is 10.7. The van der Waals surface area contributed by atoms with E-state index >= 15 is 0 Å². The Morgan fingerprint density at radius 3 is 0.600 bits per heavy atom. The van der Waals surface area contributed by atoms with Crippen molar-refractivity contribution in [2.75, 3.05) is 0 Å². The van der Waals surface area contributed by atoms with Gasteiger partial charge >= 0.3 is 31.7 Å². The third kappa shape index (κ3) is 307. The van der Waals surface area contributed by atoms with Gasteiger partial charge in [0, 0.05) is 24.3 Å². The molecule has 0 saturated heterocycles. The van der Waals surface area contributed by atoms with E-state index in [1.807, 2.05) is 0 Å². The largest absolute Gasteiger partial charge is 0.478 e. The second kappa shape index (κ2) is 23.2. The number of carboxylic acid groups (broad SMARTS) is 4. The van der Waals surface area contributed by atoms with Crippen LogP contribution in [0.2, 0.25) is 0 Å². The normalized spacial score (nSPS) is 7.48. The van der Waals surface area contributed by atoms with Crippen LogP contribution in [-0.2, 0) is 23.7 Å². The summed E-state index contributed by atoms with van der Waals surface area (Å²) in [5.74, 6) is -3.93. The minimum Gasteiger partial charge on any atom is -0.478 e. The standard InChI is InChI=1S/4C3H4O2.H3O4P/c4*1-2-3(4)5;1-5(2,3)4/h4*2H,1H2,(H,4,5);(H3,1,2,3,4). The quantitative estimate of drug-likeness (QED) is 0.252. The molecule has 0 aliphatic carbocycles. The molecular formula is C12H19O12P. The molecule has 7 N–H and O–H groups in total. The molecule has 0 aromatic heterocycles. The van der Waals surface area contributed by atoms with Crippen molar-refractivity contribution in [3.05, 3.63) is 50.6 Å². The van der Waals surface area contributed by atoms with Crippen LogP contribution >= 0.6 is 7.82 Å². The topological polar surface area (TPSA) is 227 Å². The Kier molecular flexibility index (Phi) is 31.1. The number of rotatable bonds is 4. The number of aliphatic carboxylic acids is 4. The van der Waals surface area contributed by atoms with Gasteiger partial charge in [0.2, 0.25) is 0 Å². The Hall–Kier alpha value is -3.05. The van der Waals surface area contributed by atoms with E-state index in [-0.39, 0.29) is 0 Å². The van der Waals surface area contributed by atoms with Crippen molar-refractivity contribution >= 4 is 31.7 Å². The van der Waals surface area contributed by atoms with Crippen LogP contribution in [0, 0.1) is 0 Å². The van der Waals surface area contributed by atoms with Crippen molar-refractivity contribution in [3.8, 4) is 0 Å². The Bertz CT molecular complexity index is 422. The molecule has 0 aliphatic rings. The molecule has 0 bridgehead atoms. The molecule has 0 rings (SSSR count). The molecule has 0 radical (unpaired) electrons. The highest BCUT2D eigenvalue weighted by Crippen LogP contribution is 2.25. The summed E-state index contributed by atoms with van der Waals surface area (Å²) in [5.41, 5.74) is 0. The highest BCUT2D eigenvalue weighted by molar-refractivity contribution is 7.45. The van der Waals surface area contributed by atoms with E-state index in [2.05, 4.69) is 26.3 Å². The van der Waals surface area contributed by atoms with Crippen molar-refractivity contribution in [2.24, 2.45) is 0 Å². The van der Waals surface area contributed by atoms with Crippen LogP contribution in [-0.4, -0.2) is 59.0 Å². The summed E-state index contributed by atoms with van der Waals surface area (Å²) < 4.78 is 8.88. The lowest BCUT2D eigenvalue weighted by Crippen LogP contribution is -1.82. The minimum atomic E-state index is -4.64. The molecule has 0 aliphatic heterocycles. The monoisotopic (exact) mass is 386 g/mol. The highest BCUT2D eigenvalue weighted by atomic mass is 31.2. The van der Waals surface area contributed by atoms with Gasteiger partial charge in [-0.05, 0) is 0 Å². The van der Waals surface area contributed by atoms with Crippen molar-refractivity contribution in [1.82, 2.24) is 0 Å². The van der Waals surface area contributed by atoms with Gasteiger partial charge in [-0.3, -0.25) is 0 Å². The lowest BCUT2D eigenvalue weighted by Gasteiger charge is -1.82. The Morgan fingerprint density at radius 2 is 0.600 bits per heavy atom. The summed E-state index contributed by atoms with van der Waals surface area (Å²) in [6.45, 7) is 11.8. The van der Waals surface area contributed by atoms with E-state index in [1.165, 1.54) is 0 Å². The van der Waals surface area contributed by atoms with Crippen LogP contribution in [0.15, 0.2) is 50.6 Å². The summed E-state index contributed by atoms with van der Waals surface area (Å²) in [4.78, 5) is 58.6. The average molecular weight is 386 g/mol. The molecule has 0 atom stereocenters. The van der Waals surface area contributed by atoms with E-state index in [1.54, 1.807) is 0 Å². The van der Waals surface area contributed by atoms with Crippen LogP contribution in [0.25, 0.3) is 0 Å². The number of hydrogen-bond acceptors (Lipinski definition) is 5. The van der Waals surface area contributed by atoms with Crippen LogP contribution in [0.5, 0.6) is 0 Å². The lowest BCUT2D eigenvalue weighted by molar-refractivity contribution is -0.132. The van der Waals surface area contributed by atoms with Gasteiger partial charge in [0.15, 0.2) is 0 Å². The zero-order valence-corrected chi connectivity index (χ0v) is 13.7. The van der Waals surface area contributed by atoms with Gasteiger partial charge in [0.25, 0.3) is 0 Å². The van der Waals surface area contributed by atoms with E-state index < -0.39 is 31.7 Å². The maximum Gasteiger partial charge on any atom is 0.466 e. The van der Waals surface area contributed by atoms with Gasteiger partial charge in [0.05, 0.1) is 0 Å². The minimum absolute atomic E-state index is 0.833. The SMILES string of the molecule is C=CC(=O)O.C=CC(=O)O.C=CC(=O)O.C=CC(=O)O.O=P(O)(O)O.